The fraction of sp³-hybridized carbons (Fsp3) is 0.577. The van der Waals surface area contributed by atoms with Crippen molar-refractivity contribution in [2.45, 2.75) is 57.8 Å². The number of amides is 1. The van der Waals surface area contributed by atoms with Crippen LogP contribution >= 0.6 is 0 Å². The van der Waals surface area contributed by atoms with Crippen LogP contribution < -0.4 is 0 Å². The van der Waals surface area contributed by atoms with E-state index in [4.69, 9.17) is 9.47 Å². The molecule has 1 aromatic carbocycles. The van der Waals surface area contributed by atoms with Crippen LogP contribution in [0, 0.1) is 18.3 Å². The Morgan fingerprint density at radius 2 is 1.88 bits per heavy atom. The zero-order valence-corrected chi connectivity index (χ0v) is 19.4. The van der Waals surface area contributed by atoms with Crippen LogP contribution in [0.1, 0.15) is 65.3 Å². The molecule has 4 heterocycles. The van der Waals surface area contributed by atoms with Gasteiger partial charge in [0, 0.05) is 24.2 Å². The van der Waals surface area contributed by atoms with Gasteiger partial charge in [0.25, 0.3) is 0 Å². The number of likely N-dealkylation sites (tertiary alicyclic amines) is 2. The maximum Gasteiger partial charge on any atom is 0.338 e. The summed E-state index contributed by atoms with van der Waals surface area (Å²) in [6.07, 6.45) is 5.45. The zero-order chi connectivity index (χ0) is 23.6. The van der Waals surface area contributed by atoms with Crippen LogP contribution in [0.2, 0.25) is 0 Å². The summed E-state index contributed by atoms with van der Waals surface area (Å²) in [5.41, 5.74) is 3.53. The van der Waals surface area contributed by atoms with Crippen molar-refractivity contribution in [2.75, 3.05) is 26.2 Å². The normalized spacial score (nSPS) is 27.1. The maximum atomic E-state index is 13.7. The first-order valence-electron chi connectivity index (χ1n) is 12.3. The molecule has 3 fully saturated rings. The molecule has 1 spiro atoms. The summed E-state index contributed by atoms with van der Waals surface area (Å²) in [5, 5.41) is 11.0. The predicted molar refractivity (Wildman–Crippen MR) is 120 cm³/mol. The van der Waals surface area contributed by atoms with Crippen LogP contribution in [0.4, 0.5) is 0 Å². The summed E-state index contributed by atoms with van der Waals surface area (Å²) in [6.45, 7) is 4.37. The number of aliphatic hydroxyl groups excluding tert-OH is 1. The molecule has 0 bridgehead atoms. The molecule has 34 heavy (non-hydrogen) atoms. The van der Waals surface area contributed by atoms with E-state index in [9.17, 15) is 19.5 Å². The molecule has 1 N–H and O–H groups in total. The largest absolute Gasteiger partial charge is 0.457 e. The summed E-state index contributed by atoms with van der Waals surface area (Å²) in [4.78, 5) is 41.2. The number of carbonyl (C=O) groups excluding carboxylic acids is 3. The molecule has 2 unspecified atom stereocenters. The fourth-order valence-corrected chi connectivity index (χ4v) is 6.34. The number of cyclic esters (lactones) is 2. The van der Waals surface area contributed by atoms with Gasteiger partial charge in [0.2, 0.25) is 5.91 Å². The first kappa shape index (κ1) is 21.8. The SMILES string of the molecule is Cc1c(C(O)CN2CCC3(CC2)CC(C2CC2)N(C2=CC(=O)OC2)C3=O)ccc2c1COC2=O. The maximum absolute atomic E-state index is 13.7. The Kier molecular flexibility index (Phi) is 5.08. The van der Waals surface area contributed by atoms with Crippen molar-refractivity contribution in [3.05, 3.63) is 46.2 Å². The minimum absolute atomic E-state index is 0.147. The summed E-state index contributed by atoms with van der Waals surface area (Å²) >= 11 is 0. The average molecular weight is 467 g/mol. The lowest BCUT2D eigenvalue weighted by Crippen LogP contribution is -2.45. The van der Waals surface area contributed by atoms with Gasteiger partial charge in [0.1, 0.15) is 13.2 Å². The van der Waals surface area contributed by atoms with E-state index in [0.29, 0.717) is 18.0 Å². The molecule has 8 nitrogen and oxygen atoms in total. The van der Waals surface area contributed by atoms with Crippen LogP contribution in [0.25, 0.3) is 0 Å². The first-order chi connectivity index (χ1) is 16.4. The van der Waals surface area contributed by atoms with Gasteiger partial charge >= 0.3 is 11.9 Å². The van der Waals surface area contributed by atoms with Crippen molar-refractivity contribution in [3.63, 3.8) is 0 Å². The third-order valence-electron chi connectivity index (χ3n) is 8.54. The van der Waals surface area contributed by atoms with Crippen molar-refractivity contribution in [1.29, 1.82) is 0 Å². The highest BCUT2D eigenvalue weighted by Gasteiger charge is 2.57. The van der Waals surface area contributed by atoms with E-state index in [1.165, 1.54) is 6.08 Å². The second-order valence-corrected chi connectivity index (χ2v) is 10.5. The average Bonchev–Trinajstić information content (AvgIpc) is 3.38. The van der Waals surface area contributed by atoms with E-state index >= 15 is 0 Å². The highest BCUT2D eigenvalue weighted by Crippen LogP contribution is 2.52. The molecule has 8 heteroatoms. The Morgan fingerprint density at radius 3 is 2.56 bits per heavy atom. The second kappa shape index (κ2) is 7.92. The van der Waals surface area contributed by atoms with Gasteiger partial charge in [-0.2, -0.15) is 0 Å². The molecule has 2 saturated heterocycles. The van der Waals surface area contributed by atoms with Gasteiger partial charge in [-0.1, -0.05) is 6.07 Å². The second-order valence-electron chi connectivity index (χ2n) is 10.5. The van der Waals surface area contributed by atoms with Gasteiger partial charge in [-0.3, -0.25) is 4.79 Å². The summed E-state index contributed by atoms with van der Waals surface area (Å²) in [7, 11) is 0. The van der Waals surface area contributed by atoms with Gasteiger partial charge < -0.3 is 24.4 Å². The molecular weight excluding hydrogens is 436 g/mol. The molecule has 1 saturated carbocycles. The van der Waals surface area contributed by atoms with Crippen LogP contribution in [-0.2, 0) is 25.7 Å². The lowest BCUT2D eigenvalue weighted by molar-refractivity contribution is -0.139. The van der Waals surface area contributed by atoms with E-state index in [1.807, 2.05) is 17.9 Å². The molecule has 180 valence electrons. The number of fused-ring (bicyclic) bond motifs is 1. The Labute approximate surface area is 198 Å². The third kappa shape index (κ3) is 3.46. The number of β-amino-alcohol motifs (C(OH)–C–C–N with tert-alkyl or cyclic N) is 1. The summed E-state index contributed by atoms with van der Waals surface area (Å²) in [5.74, 6) is 0.0103. The van der Waals surface area contributed by atoms with Gasteiger partial charge in [0.15, 0.2) is 0 Å². The van der Waals surface area contributed by atoms with Crippen molar-refractivity contribution in [1.82, 2.24) is 9.80 Å². The predicted octanol–water partition coefficient (Wildman–Crippen LogP) is 2.23. The number of nitrogens with zero attached hydrogens (tertiary/aromatic N) is 2. The molecule has 5 aliphatic rings. The van der Waals surface area contributed by atoms with Crippen molar-refractivity contribution in [3.8, 4) is 0 Å². The van der Waals surface area contributed by atoms with E-state index in [2.05, 4.69) is 4.90 Å². The topological polar surface area (TPSA) is 96.4 Å². The minimum atomic E-state index is -0.670. The lowest BCUT2D eigenvalue weighted by Gasteiger charge is -2.38. The Morgan fingerprint density at radius 1 is 1.12 bits per heavy atom. The fourth-order valence-electron chi connectivity index (χ4n) is 6.34. The number of ether oxygens (including phenoxy) is 2. The van der Waals surface area contributed by atoms with Crippen LogP contribution in [0.3, 0.4) is 0 Å². The molecule has 2 atom stereocenters. The van der Waals surface area contributed by atoms with Crippen LogP contribution in [0.15, 0.2) is 23.9 Å². The molecule has 1 aromatic rings. The first-order valence-corrected chi connectivity index (χ1v) is 12.3. The minimum Gasteiger partial charge on any atom is -0.457 e. The number of piperidine rings is 1. The van der Waals surface area contributed by atoms with Gasteiger partial charge in [-0.15, -0.1) is 0 Å². The van der Waals surface area contributed by atoms with Crippen molar-refractivity contribution < 1.29 is 29.0 Å². The van der Waals surface area contributed by atoms with Gasteiger partial charge in [-0.25, -0.2) is 9.59 Å². The number of esters is 2. The Bertz CT molecular complexity index is 1100. The molecule has 0 aromatic heterocycles. The van der Waals surface area contributed by atoms with Gasteiger partial charge in [-0.05, 0) is 75.2 Å². The molecule has 1 amide bonds. The standard InChI is InChI=1S/C26H30N2O6/c1-15-18(4-5-19-20(15)14-34-24(19)31)22(29)12-27-8-6-26(7-9-27)11-21(16-2-3-16)28(25(26)32)17-10-23(30)33-13-17/h4-5,10,16,21-22,29H,2-3,6-9,11-14H2,1H3. The van der Waals surface area contributed by atoms with E-state index in [1.54, 1.807) is 6.07 Å². The Balaban J connectivity index is 1.14. The molecular formula is C26H30N2O6. The molecule has 1 aliphatic carbocycles. The smallest absolute Gasteiger partial charge is 0.338 e. The highest BCUT2D eigenvalue weighted by atomic mass is 16.5. The van der Waals surface area contributed by atoms with E-state index in [-0.39, 0.29) is 42.5 Å². The summed E-state index contributed by atoms with van der Waals surface area (Å²) in [6, 6.07) is 3.75. The Hall–Kier alpha value is -2.71. The highest BCUT2D eigenvalue weighted by molar-refractivity contribution is 5.94. The van der Waals surface area contributed by atoms with Crippen LogP contribution in [-0.4, -0.2) is 65.0 Å². The summed E-state index contributed by atoms with van der Waals surface area (Å²) < 4.78 is 10.2. The molecule has 6 rings (SSSR count). The lowest BCUT2D eigenvalue weighted by atomic mass is 9.75. The quantitative estimate of drug-likeness (QED) is 0.665. The number of benzene rings is 1. The van der Waals surface area contributed by atoms with E-state index < -0.39 is 6.10 Å². The molecule has 0 radical (unpaired) electrons. The van der Waals surface area contributed by atoms with Crippen molar-refractivity contribution >= 4 is 17.8 Å². The van der Waals surface area contributed by atoms with Gasteiger partial charge in [0.05, 0.1) is 22.8 Å². The third-order valence-corrected chi connectivity index (χ3v) is 8.54. The number of aliphatic hydroxyl groups is 1. The number of rotatable bonds is 5. The number of hydrogen-bond acceptors (Lipinski definition) is 7. The monoisotopic (exact) mass is 466 g/mol. The van der Waals surface area contributed by atoms with E-state index in [0.717, 1.165) is 67.6 Å². The number of carbonyl (C=O) groups is 3. The van der Waals surface area contributed by atoms with Crippen molar-refractivity contribution in [2.24, 2.45) is 11.3 Å². The zero-order valence-electron chi connectivity index (χ0n) is 19.4. The van der Waals surface area contributed by atoms with Crippen LogP contribution in [0.5, 0.6) is 0 Å². The number of hydrogen-bond donors (Lipinski definition) is 1. The molecule has 4 aliphatic heterocycles.